The molecule has 1 N–H and O–H groups in total. The molecule has 0 saturated carbocycles. The van der Waals surface area contributed by atoms with Crippen LogP contribution in [-0.4, -0.2) is 31.1 Å². The Morgan fingerprint density at radius 1 is 1.44 bits per heavy atom. The standard InChI is InChI=1S/C13H18O4S/c1-9-3-4-12(10(2)14)13(7-9)17-11-5-6-18(15,16)8-11/h3-4,7,10-11,14H,5-6,8H2,1-2H3/t10-,11?/m1/s1. The van der Waals surface area contributed by atoms with E-state index in [1.807, 2.05) is 25.1 Å². The lowest BCUT2D eigenvalue weighted by Gasteiger charge is -2.17. The lowest BCUT2D eigenvalue weighted by molar-refractivity contribution is 0.180. The van der Waals surface area contributed by atoms with Gasteiger partial charge in [0.25, 0.3) is 0 Å². The van der Waals surface area contributed by atoms with Gasteiger partial charge in [0.15, 0.2) is 9.84 Å². The Morgan fingerprint density at radius 2 is 2.17 bits per heavy atom. The summed E-state index contributed by atoms with van der Waals surface area (Å²) in [6.45, 7) is 3.60. The SMILES string of the molecule is Cc1ccc([C@@H](C)O)c(OC2CCS(=O)(=O)C2)c1. The maximum atomic E-state index is 11.4. The Morgan fingerprint density at radius 3 is 2.72 bits per heavy atom. The summed E-state index contributed by atoms with van der Waals surface area (Å²) in [5.41, 5.74) is 1.72. The zero-order valence-corrected chi connectivity index (χ0v) is 11.4. The van der Waals surface area contributed by atoms with Crippen LogP contribution in [0.5, 0.6) is 5.75 Å². The monoisotopic (exact) mass is 270 g/mol. The van der Waals surface area contributed by atoms with E-state index in [0.717, 1.165) is 5.56 Å². The second kappa shape index (κ2) is 4.90. The van der Waals surface area contributed by atoms with Gasteiger partial charge in [0.1, 0.15) is 11.9 Å². The van der Waals surface area contributed by atoms with Crippen LogP contribution in [0.1, 0.15) is 30.6 Å². The summed E-state index contributed by atoms with van der Waals surface area (Å²) in [5.74, 6) is 0.848. The van der Waals surface area contributed by atoms with Crippen LogP contribution in [0, 0.1) is 6.92 Å². The Kier molecular flexibility index (Phi) is 3.64. The Balaban J connectivity index is 2.21. The van der Waals surface area contributed by atoms with Gasteiger partial charge in [-0.3, -0.25) is 0 Å². The van der Waals surface area contributed by atoms with E-state index >= 15 is 0 Å². The van der Waals surface area contributed by atoms with Crippen LogP contribution >= 0.6 is 0 Å². The molecule has 0 amide bonds. The Bertz CT molecular complexity index is 534. The van der Waals surface area contributed by atoms with Gasteiger partial charge in [-0.1, -0.05) is 12.1 Å². The first kappa shape index (κ1) is 13.4. The predicted molar refractivity (Wildman–Crippen MR) is 69.5 cm³/mol. The third-order valence-electron chi connectivity index (χ3n) is 3.10. The number of aryl methyl sites for hydroxylation is 1. The van der Waals surface area contributed by atoms with Crippen LogP contribution in [-0.2, 0) is 9.84 Å². The van der Waals surface area contributed by atoms with Crippen LogP contribution in [0.2, 0.25) is 0 Å². The Labute approximate surface area is 108 Å². The molecular formula is C13H18O4S. The van der Waals surface area contributed by atoms with E-state index in [9.17, 15) is 13.5 Å². The fourth-order valence-electron chi connectivity index (χ4n) is 2.12. The molecule has 1 unspecified atom stereocenters. The fraction of sp³-hybridized carbons (Fsp3) is 0.538. The zero-order chi connectivity index (χ0) is 13.3. The third-order valence-corrected chi connectivity index (χ3v) is 4.84. The molecule has 1 aliphatic rings. The zero-order valence-electron chi connectivity index (χ0n) is 10.6. The highest BCUT2D eigenvalue weighted by atomic mass is 32.2. The molecule has 0 aliphatic carbocycles. The number of hydrogen-bond acceptors (Lipinski definition) is 4. The van der Waals surface area contributed by atoms with Gasteiger partial charge < -0.3 is 9.84 Å². The first-order valence-corrected chi connectivity index (χ1v) is 7.85. The van der Waals surface area contributed by atoms with E-state index in [0.29, 0.717) is 17.7 Å². The van der Waals surface area contributed by atoms with Crippen molar-refractivity contribution in [1.82, 2.24) is 0 Å². The highest BCUT2D eigenvalue weighted by molar-refractivity contribution is 7.91. The molecular weight excluding hydrogens is 252 g/mol. The van der Waals surface area contributed by atoms with Gasteiger partial charge in [0.2, 0.25) is 0 Å². The summed E-state index contributed by atoms with van der Waals surface area (Å²) >= 11 is 0. The van der Waals surface area contributed by atoms with E-state index in [-0.39, 0.29) is 17.6 Å². The molecule has 0 spiro atoms. The largest absolute Gasteiger partial charge is 0.489 e. The smallest absolute Gasteiger partial charge is 0.154 e. The number of rotatable bonds is 3. The summed E-state index contributed by atoms with van der Waals surface area (Å²) < 4.78 is 28.5. The van der Waals surface area contributed by atoms with Crippen molar-refractivity contribution in [3.63, 3.8) is 0 Å². The average Bonchev–Trinajstić information content (AvgIpc) is 2.57. The maximum absolute atomic E-state index is 11.4. The fourth-order valence-corrected chi connectivity index (χ4v) is 3.71. The van der Waals surface area contributed by atoms with Gasteiger partial charge in [-0.25, -0.2) is 8.42 Å². The minimum atomic E-state index is -2.95. The van der Waals surface area contributed by atoms with Crippen molar-refractivity contribution in [2.75, 3.05) is 11.5 Å². The van der Waals surface area contributed by atoms with Crippen LogP contribution in [0.15, 0.2) is 18.2 Å². The molecule has 0 aromatic heterocycles. The van der Waals surface area contributed by atoms with E-state index < -0.39 is 15.9 Å². The molecule has 2 atom stereocenters. The second-order valence-electron chi connectivity index (χ2n) is 4.86. The van der Waals surface area contributed by atoms with Crippen molar-refractivity contribution in [2.24, 2.45) is 0 Å². The van der Waals surface area contributed by atoms with Crippen molar-refractivity contribution in [1.29, 1.82) is 0 Å². The molecule has 18 heavy (non-hydrogen) atoms. The molecule has 0 radical (unpaired) electrons. The van der Waals surface area contributed by atoms with Crippen LogP contribution in [0.25, 0.3) is 0 Å². The van der Waals surface area contributed by atoms with Crippen LogP contribution < -0.4 is 4.74 Å². The van der Waals surface area contributed by atoms with Crippen molar-refractivity contribution < 1.29 is 18.3 Å². The van der Waals surface area contributed by atoms with Crippen molar-refractivity contribution in [2.45, 2.75) is 32.5 Å². The summed E-state index contributed by atoms with van der Waals surface area (Å²) in [5, 5.41) is 9.67. The summed E-state index contributed by atoms with van der Waals surface area (Å²) in [6, 6.07) is 5.56. The molecule has 1 aliphatic heterocycles. The normalized spacial score (nSPS) is 23.8. The van der Waals surface area contributed by atoms with Crippen molar-refractivity contribution >= 4 is 9.84 Å². The van der Waals surface area contributed by atoms with Crippen LogP contribution in [0.3, 0.4) is 0 Å². The minimum absolute atomic E-state index is 0.0696. The number of ether oxygens (including phenoxy) is 1. The number of aliphatic hydroxyl groups excluding tert-OH is 1. The van der Waals surface area contributed by atoms with Gasteiger partial charge in [-0.15, -0.1) is 0 Å². The van der Waals surface area contributed by atoms with Crippen molar-refractivity contribution in [3.8, 4) is 5.75 Å². The molecule has 1 aromatic carbocycles. The molecule has 1 aromatic rings. The van der Waals surface area contributed by atoms with Gasteiger partial charge >= 0.3 is 0 Å². The van der Waals surface area contributed by atoms with Gasteiger partial charge in [-0.05, 0) is 31.9 Å². The highest BCUT2D eigenvalue weighted by Crippen LogP contribution is 2.29. The third kappa shape index (κ3) is 3.03. The number of hydrogen-bond donors (Lipinski definition) is 1. The molecule has 5 heteroatoms. The van der Waals surface area contributed by atoms with Gasteiger partial charge in [-0.2, -0.15) is 0 Å². The molecule has 0 bridgehead atoms. The first-order chi connectivity index (χ1) is 8.37. The molecule has 1 heterocycles. The molecule has 1 saturated heterocycles. The van der Waals surface area contributed by atoms with E-state index in [4.69, 9.17) is 4.74 Å². The van der Waals surface area contributed by atoms with Crippen molar-refractivity contribution in [3.05, 3.63) is 29.3 Å². The predicted octanol–water partition coefficient (Wildman–Crippen LogP) is 1.61. The highest BCUT2D eigenvalue weighted by Gasteiger charge is 2.30. The number of sulfone groups is 1. The summed E-state index contributed by atoms with van der Waals surface area (Å²) in [7, 11) is -2.95. The van der Waals surface area contributed by atoms with E-state index in [2.05, 4.69) is 0 Å². The molecule has 4 nitrogen and oxygen atoms in total. The lowest BCUT2D eigenvalue weighted by Crippen LogP contribution is -2.18. The Hall–Kier alpha value is -1.07. The van der Waals surface area contributed by atoms with Gasteiger partial charge in [0.05, 0.1) is 17.6 Å². The maximum Gasteiger partial charge on any atom is 0.154 e. The summed E-state index contributed by atoms with van der Waals surface area (Å²) in [6.07, 6.45) is -0.400. The van der Waals surface area contributed by atoms with Crippen LogP contribution in [0.4, 0.5) is 0 Å². The quantitative estimate of drug-likeness (QED) is 0.906. The number of benzene rings is 1. The minimum Gasteiger partial charge on any atom is -0.489 e. The molecule has 2 rings (SSSR count). The second-order valence-corrected chi connectivity index (χ2v) is 7.09. The van der Waals surface area contributed by atoms with E-state index in [1.165, 1.54) is 0 Å². The first-order valence-electron chi connectivity index (χ1n) is 6.03. The van der Waals surface area contributed by atoms with Gasteiger partial charge in [0, 0.05) is 5.56 Å². The average molecular weight is 270 g/mol. The van der Waals surface area contributed by atoms with E-state index in [1.54, 1.807) is 6.92 Å². The molecule has 100 valence electrons. The lowest BCUT2D eigenvalue weighted by atomic mass is 10.1. The topological polar surface area (TPSA) is 63.6 Å². The molecule has 1 fully saturated rings. The number of aliphatic hydroxyl groups is 1. The summed E-state index contributed by atoms with van der Waals surface area (Å²) in [4.78, 5) is 0.